The molecule has 0 radical (unpaired) electrons. The van der Waals surface area contributed by atoms with Gasteiger partial charge in [-0.25, -0.2) is 18.0 Å². The van der Waals surface area contributed by atoms with Crippen molar-refractivity contribution in [3.8, 4) is 11.3 Å². The molecular weight excluding hydrogens is 577 g/mol. The lowest BCUT2D eigenvalue weighted by Crippen LogP contribution is -2.51. The highest BCUT2D eigenvalue weighted by Crippen LogP contribution is 2.48. The summed E-state index contributed by atoms with van der Waals surface area (Å²) in [4.78, 5) is 14.3. The van der Waals surface area contributed by atoms with E-state index in [1.165, 1.54) is 23.1 Å². The lowest BCUT2D eigenvalue weighted by molar-refractivity contribution is -0.0590. The van der Waals surface area contributed by atoms with Gasteiger partial charge in [0, 0.05) is 13.1 Å². The third-order valence-corrected chi connectivity index (χ3v) is 7.39. The number of carbonyl (C=O) groups is 1. The molecule has 6 nitrogen and oxygen atoms in total. The fourth-order valence-electron chi connectivity index (χ4n) is 4.38. The Hall–Kier alpha value is -2.56. The average molecular weight is 602 g/mol. The van der Waals surface area contributed by atoms with Crippen LogP contribution in [-0.4, -0.2) is 39.9 Å². The van der Waals surface area contributed by atoms with Gasteiger partial charge < -0.3 is 19.3 Å². The highest BCUT2D eigenvalue weighted by Gasteiger charge is 2.49. The van der Waals surface area contributed by atoms with Crippen molar-refractivity contribution in [2.24, 2.45) is 0 Å². The maximum atomic E-state index is 15.0. The number of carbonyl (C=O) groups excluding carboxylic acids is 1. The molecule has 3 aromatic rings. The monoisotopic (exact) mass is 600 g/mol. The molecule has 0 unspecified atom stereocenters. The highest BCUT2D eigenvalue weighted by molar-refractivity contribution is 9.10. The zero-order valence-electron chi connectivity index (χ0n) is 20.5. The van der Waals surface area contributed by atoms with E-state index < -0.39 is 40.7 Å². The zero-order chi connectivity index (χ0) is 27.3. The lowest BCUT2D eigenvalue weighted by atomic mass is 9.74. The van der Waals surface area contributed by atoms with Gasteiger partial charge in [0.2, 0.25) is 0 Å². The van der Waals surface area contributed by atoms with Gasteiger partial charge >= 0.3 is 6.09 Å². The molecule has 0 spiro atoms. The normalized spacial score (nSPS) is 20.3. The van der Waals surface area contributed by atoms with Crippen LogP contribution in [0.5, 0.6) is 0 Å². The van der Waals surface area contributed by atoms with Crippen LogP contribution in [0.1, 0.15) is 50.0 Å². The van der Waals surface area contributed by atoms with Gasteiger partial charge in [-0.3, -0.25) is 0 Å². The molecule has 198 valence electrons. The molecule has 1 fully saturated rings. The van der Waals surface area contributed by atoms with Crippen LogP contribution in [0.3, 0.4) is 0 Å². The van der Waals surface area contributed by atoms with Crippen molar-refractivity contribution in [2.75, 3.05) is 13.1 Å². The first kappa shape index (κ1) is 27.5. The van der Waals surface area contributed by atoms with Crippen molar-refractivity contribution >= 4 is 33.6 Å². The van der Waals surface area contributed by atoms with Gasteiger partial charge in [0.05, 0.1) is 21.0 Å². The number of likely N-dealkylation sites (tertiary alicyclic amines) is 1. The molecule has 0 aliphatic carbocycles. The van der Waals surface area contributed by atoms with Gasteiger partial charge in [-0.15, -0.1) is 0 Å². The van der Waals surface area contributed by atoms with Crippen LogP contribution in [0.15, 0.2) is 39.3 Å². The number of hydrogen-bond acceptors (Lipinski definition) is 5. The summed E-state index contributed by atoms with van der Waals surface area (Å²) >= 11 is 9.69. The van der Waals surface area contributed by atoms with Crippen molar-refractivity contribution < 1.29 is 32.3 Å². The van der Waals surface area contributed by atoms with Crippen LogP contribution in [0, 0.1) is 24.4 Å². The minimum absolute atomic E-state index is 0.000263. The molecule has 2 atom stereocenters. The Labute approximate surface area is 225 Å². The number of halogens is 5. The van der Waals surface area contributed by atoms with Crippen molar-refractivity contribution in [3.05, 3.63) is 74.2 Å². The second kappa shape index (κ2) is 9.96. The van der Waals surface area contributed by atoms with Crippen LogP contribution >= 0.6 is 27.5 Å². The Morgan fingerprint density at radius 2 is 1.95 bits per heavy atom. The van der Waals surface area contributed by atoms with E-state index in [9.17, 15) is 18.7 Å². The number of hydrogen-bond donors (Lipinski definition) is 1. The fourth-order valence-corrected chi connectivity index (χ4v) is 5.24. The van der Waals surface area contributed by atoms with Gasteiger partial charge in [-0.05, 0) is 79.4 Å². The van der Waals surface area contributed by atoms with Crippen LogP contribution in [0.2, 0.25) is 5.02 Å². The SMILES string of the molecule is Cc1ccc(Cl)c(-c2noc([C@H]3CN(C(=O)OC(C)(C)C)CC[C@]3(O)c3ccc(F)c(F)c3)c2Br)c1F. The van der Waals surface area contributed by atoms with Crippen LogP contribution in [0.4, 0.5) is 18.0 Å². The van der Waals surface area contributed by atoms with E-state index in [2.05, 4.69) is 21.1 Å². The molecule has 0 bridgehead atoms. The Balaban J connectivity index is 1.82. The number of aliphatic hydroxyl groups is 1. The summed E-state index contributed by atoms with van der Waals surface area (Å²) in [5.41, 5.74) is -2.07. The summed E-state index contributed by atoms with van der Waals surface area (Å²) in [5, 5.41) is 16.0. The lowest BCUT2D eigenvalue weighted by Gasteiger charge is -2.44. The summed E-state index contributed by atoms with van der Waals surface area (Å²) in [5.74, 6) is -3.73. The topological polar surface area (TPSA) is 75.8 Å². The van der Waals surface area contributed by atoms with Gasteiger partial charge in [-0.2, -0.15) is 0 Å². The zero-order valence-corrected chi connectivity index (χ0v) is 22.9. The summed E-state index contributed by atoms with van der Waals surface area (Å²) < 4.78 is 54.2. The third-order valence-electron chi connectivity index (χ3n) is 6.31. The molecule has 1 aromatic heterocycles. The first-order valence-corrected chi connectivity index (χ1v) is 12.7. The first-order valence-electron chi connectivity index (χ1n) is 11.5. The smallest absolute Gasteiger partial charge is 0.410 e. The predicted molar refractivity (Wildman–Crippen MR) is 135 cm³/mol. The summed E-state index contributed by atoms with van der Waals surface area (Å²) in [6.45, 7) is 6.71. The average Bonchev–Trinajstić information content (AvgIpc) is 3.18. The molecule has 2 heterocycles. The quantitative estimate of drug-likeness (QED) is 0.347. The molecule has 1 saturated heterocycles. The van der Waals surface area contributed by atoms with Gasteiger partial charge in [0.25, 0.3) is 0 Å². The molecule has 37 heavy (non-hydrogen) atoms. The first-order chi connectivity index (χ1) is 17.2. The molecule has 1 N–H and O–H groups in total. The number of rotatable bonds is 3. The minimum atomic E-state index is -1.79. The van der Waals surface area contributed by atoms with E-state index in [1.54, 1.807) is 27.7 Å². The maximum absolute atomic E-state index is 15.0. The molecule has 1 aliphatic heterocycles. The number of piperidine rings is 1. The highest BCUT2D eigenvalue weighted by atomic mass is 79.9. The number of ether oxygens (including phenoxy) is 1. The molecule has 1 amide bonds. The molecule has 4 rings (SSSR count). The number of benzene rings is 2. The van der Waals surface area contributed by atoms with E-state index >= 15 is 4.39 Å². The predicted octanol–water partition coefficient (Wildman–Crippen LogP) is 7.10. The van der Waals surface area contributed by atoms with E-state index in [-0.39, 0.29) is 51.6 Å². The van der Waals surface area contributed by atoms with Crippen molar-refractivity contribution in [1.82, 2.24) is 10.1 Å². The summed E-state index contributed by atoms with van der Waals surface area (Å²) in [6.07, 6.45) is -0.669. The Bertz CT molecular complexity index is 1360. The Morgan fingerprint density at radius 1 is 1.24 bits per heavy atom. The largest absolute Gasteiger partial charge is 0.444 e. The fraction of sp³-hybridized carbons (Fsp3) is 0.385. The van der Waals surface area contributed by atoms with Gasteiger partial charge in [0.1, 0.15) is 22.7 Å². The van der Waals surface area contributed by atoms with Gasteiger partial charge in [-0.1, -0.05) is 28.9 Å². The standard InChI is InChI=1S/C26H25BrClF3N2O4/c1-13-5-7-16(28)19(21(13)31)22-20(27)23(37-32-22)15-12-33(24(34)36-25(2,3)4)10-9-26(15,35)14-6-8-17(29)18(30)11-14/h5-8,11,15,35H,9-10,12H2,1-4H3/t15-,26+/m1/s1. The van der Waals surface area contributed by atoms with Crippen molar-refractivity contribution in [2.45, 2.75) is 51.2 Å². The second-order valence-electron chi connectivity index (χ2n) is 10.0. The van der Waals surface area contributed by atoms with Crippen molar-refractivity contribution in [1.29, 1.82) is 0 Å². The maximum Gasteiger partial charge on any atom is 0.410 e. The van der Waals surface area contributed by atoms with E-state index in [0.29, 0.717) is 5.56 Å². The molecule has 1 aliphatic rings. The summed E-state index contributed by atoms with van der Waals surface area (Å²) in [6, 6.07) is 6.16. The minimum Gasteiger partial charge on any atom is -0.444 e. The Morgan fingerprint density at radius 3 is 2.59 bits per heavy atom. The number of aryl methyl sites for hydroxylation is 1. The van der Waals surface area contributed by atoms with E-state index in [0.717, 1.165) is 12.1 Å². The van der Waals surface area contributed by atoms with Gasteiger partial charge in [0.15, 0.2) is 17.4 Å². The Kier molecular flexibility index (Phi) is 7.40. The van der Waals surface area contributed by atoms with Crippen LogP contribution < -0.4 is 0 Å². The van der Waals surface area contributed by atoms with Crippen molar-refractivity contribution in [3.63, 3.8) is 0 Å². The number of nitrogens with zero attached hydrogens (tertiary/aromatic N) is 2. The van der Waals surface area contributed by atoms with E-state index in [1.807, 2.05) is 0 Å². The second-order valence-corrected chi connectivity index (χ2v) is 11.2. The molecular formula is C26H25BrClF3N2O4. The van der Waals surface area contributed by atoms with E-state index in [4.69, 9.17) is 20.9 Å². The third kappa shape index (κ3) is 5.24. The number of aromatic nitrogens is 1. The number of amides is 1. The van der Waals surface area contributed by atoms with Crippen LogP contribution in [-0.2, 0) is 10.3 Å². The molecule has 11 heteroatoms. The van der Waals surface area contributed by atoms with Crippen LogP contribution in [0.25, 0.3) is 11.3 Å². The molecule has 2 aromatic carbocycles. The molecule has 0 saturated carbocycles. The summed E-state index contributed by atoms with van der Waals surface area (Å²) in [7, 11) is 0.